The van der Waals surface area contributed by atoms with Gasteiger partial charge in [0.25, 0.3) is 5.91 Å². The lowest BCUT2D eigenvalue weighted by Gasteiger charge is -2.37. The third-order valence-corrected chi connectivity index (χ3v) is 3.68. The summed E-state index contributed by atoms with van der Waals surface area (Å²) in [4.78, 5) is 14.3. The van der Waals surface area contributed by atoms with Crippen molar-refractivity contribution in [3.8, 4) is 0 Å². The molecule has 3 rings (SSSR count). The second-order valence-electron chi connectivity index (χ2n) is 4.83. The highest BCUT2D eigenvalue weighted by atomic mass is 16.3. The Morgan fingerprint density at radius 1 is 1.37 bits per heavy atom. The van der Waals surface area contributed by atoms with Gasteiger partial charge in [-0.2, -0.15) is 15.4 Å². The number of aromatic nitrogens is 3. The number of aromatic amines is 1. The van der Waals surface area contributed by atoms with Crippen LogP contribution in [0.4, 0.5) is 0 Å². The molecule has 6 heteroatoms. The summed E-state index contributed by atoms with van der Waals surface area (Å²) in [5.41, 5.74) is 2.03. The maximum Gasteiger partial charge on any atom is 0.254 e. The van der Waals surface area contributed by atoms with Crippen LogP contribution in [0.5, 0.6) is 0 Å². The van der Waals surface area contributed by atoms with E-state index in [4.69, 9.17) is 5.11 Å². The number of aliphatic hydroxyl groups is 1. The summed E-state index contributed by atoms with van der Waals surface area (Å²) in [6.45, 7) is 0.384. The summed E-state index contributed by atoms with van der Waals surface area (Å²) in [6.07, 6.45) is 3.21. The fraction of sp³-hybridized carbons (Fsp3) is 0.462. The van der Waals surface area contributed by atoms with Gasteiger partial charge in [0.05, 0.1) is 6.61 Å². The predicted octanol–water partition coefficient (Wildman–Crippen LogP) is 0.945. The zero-order chi connectivity index (χ0) is 13.2. The first-order valence-electron chi connectivity index (χ1n) is 6.52. The summed E-state index contributed by atoms with van der Waals surface area (Å²) < 4.78 is 0. The summed E-state index contributed by atoms with van der Waals surface area (Å²) in [6, 6.07) is 5.55. The quantitative estimate of drug-likeness (QED) is 0.857. The van der Waals surface area contributed by atoms with E-state index in [1.807, 2.05) is 0 Å². The van der Waals surface area contributed by atoms with Gasteiger partial charge in [0.15, 0.2) is 0 Å². The van der Waals surface area contributed by atoms with Crippen molar-refractivity contribution in [2.45, 2.75) is 25.3 Å². The first kappa shape index (κ1) is 12.1. The highest BCUT2D eigenvalue weighted by molar-refractivity contribution is 5.97. The molecule has 1 aromatic carbocycles. The Labute approximate surface area is 110 Å². The summed E-state index contributed by atoms with van der Waals surface area (Å²) in [5, 5.41) is 19.6. The van der Waals surface area contributed by atoms with Crippen LogP contribution in [0.15, 0.2) is 18.2 Å². The molecule has 0 atom stereocenters. The first-order valence-corrected chi connectivity index (χ1v) is 6.52. The summed E-state index contributed by atoms with van der Waals surface area (Å²) in [7, 11) is 0. The fourth-order valence-electron chi connectivity index (χ4n) is 2.40. The second-order valence-corrected chi connectivity index (χ2v) is 4.83. The third kappa shape index (κ3) is 2.19. The molecule has 19 heavy (non-hydrogen) atoms. The number of hydrogen-bond donors (Lipinski definition) is 2. The number of H-pyrrole nitrogens is 1. The number of carbonyl (C=O) groups is 1. The average molecular weight is 260 g/mol. The van der Waals surface area contributed by atoms with Crippen LogP contribution >= 0.6 is 0 Å². The average Bonchev–Trinajstić information content (AvgIpc) is 2.82. The second kappa shape index (κ2) is 4.97. The molecular weight excluding hydrogens is 244 g/mol. The van der Waals surface area contributed by atoms with Crippen molar-refractivity contribution in [2.75, 3.05) is 13.2 Å². The van der Waals surface area contributed by atoms with Gasteiger partial charge < -0.3 is 10.0 Å². The Balaban J connectivity index is 1.87. The Kier molecular flexibility index (Phi) is 3.16. The smallest absolute Gasteiger partial charge is 0.254 e. The molecule has 0 radical (unpaired) electrons. The Morgan fingerprint density at radius 3 is 2.84 bits per heavy atom. The first-order chi connectivity index (χ1) is 9.29. The molecule has 0 bridgehead atoms. The molecule has 0 spiro atoms. The molecule has 1 amide bonds. The normalized spacial score (nSPS) is 15.4. The van der Waals surface area contributed by atoms with Crippen molar-refractivity contribution in [3.63, 3.8) is 0 Å². The van der Waals surface area contributed by atoms with Gasteiger partial charge in [-0.05, 0) is 37.5 Å². The van der Waals surface area contributed by atoms with Gasteiger partial charge in [-0.15, -0.1) is 0 Å². The maximum absolute atomic E-state index is 12.5. The summed E-state index contributed by atoms with van der Waals surface area (Å²) >= 11 is 0. The number of amides is 1. The molecular formula is C13H16N4O2. The lowest BCUT2D eigenvalue weighted by molar-refractivity contribution is 0.0526. The predicted molar refractivity (Wildman–Crippen MR) is 69.7 cm³/mol. The van der Waals surface area contributed by atoms with Crippen LogP contribution in [0.1, 0.15) is 29.6 Å². The largest absolute Gasteiger partial charge is 0.395 e. The molecule has 1 aliphatic carbocycles. The van der Waals surface area contributed by atoms with Crippen molar-refractivity contribution >= 4 is 16.9 Å². The van der Waals surface area contributed by atoms with Gasteiger partial charge in [-0.3, -0.25) is 4.79 Å². The molecule has 1 fully saturated rings. The summed E-state index contributed by atoms with van der Waals surface area (Å²) in [5.74, 6) is -0.0383. The Hall–Kier alpha value is -1.95. The van der Waals surface area contributed by atoms with E-state index in [0.29, 0.717) is 17.6 Å². The van der Waals surface area contributed by atoms with Crippen molar-refractivity contribution in [2.24, 2.45) is 0 Å². The minimum Gasteiger partial charge on any atom is -0.395 e. The van der Waals surface area contributed by atoms with E-state index >= 15 is 0 Å². The molecule has 100 valence electrons. The number of nitrogens with zero attached hydrogens (tertiary/aromatic N) is 3. The molecule has 2 aromatic rings. The minimum atomic E-state index is -0.0383. The van der Waals surface area contributed by atoms with E-state index < -0.39 is 0 Å². The topological polar surface area (TPSA) is 82.1 Å². The molecule has 2 N–H and O–H groups in total. The lowest BCUT2D eigenvalue weighted by atomic mass is 9.91. The fourth-order valence-corrected chi connectivity index (χ4v) is 2.40. The number of hydrogen-bond acceptors (Lipinski definition) is 4. The SMILES string of the molecule is O=C(c1ccc2n[nH]nc2c1)N(CCO)C1CCC1. The molecule has 0 unspecified atom stereocenters. The van der Waals surface area contributed by atoms with Crippen LogP contribution in [0, 0.1) is 0 Å². The Morgan fingerprint density at radius 2 is 2.16 bits per heavy atom. The van der Waals surface area contributed by atoms with E-state index in [2.05, 4.69) is 15.4 Å². The van der Waals surface area contributed by atoms with Gasteiger partial charge in [-0.25, -0.2) is 0 Å². The minimum absolute atomic E-state index is 0.00551. The van der Waals surface area contributed by atoms with Crippen LogP contribution in [0.25, 0.3) is 11.0 Å². The number of benzene rings is 1. The van der Waals surface area contributed by atoms with Gasteiger partial charge in [-0.1, -0.05) is 0 Å². The van der Waals surface area contributed by atoms with Crippen LogP contribution in [0.2, 0.25) is 0 Å². The van der Waals surface area contributed by atoms with Crippen LogP contribution in [0.3, 0.4) is 0 Å². The molecule has 0 aliphatic heterocycles. The van der Waals surface area contributed by atoms with Gasteiger partial charge in [0.1, 0.15) is 11.0 Å². The molecule has 1 saturated carbocycles. The van der Waals surface area contributed by atoms with Crippen molar-refractivity contribution < 1.29 is 9.90 Å². The molecule has 1 aromatic heterocycles. The number of aliphatic hydroxyl groups excluding tert-OH is 1. The van der Waals surface area contributed by atoms with E-state index in [1.165, 1.54) is 0 Å². The van der Waals surface area contributed by atoms with Gasteiger partial charge >= 0.3 is 0 Å². The highest BCUT2D eigenvalue weighted by Gasteiger charge is 2.29. The van der Waals surface area contributed by atoms with Crippen LogP contribution < -0.4 is 0 Å². The lowest BCUT2D eigenvalue weighted by Crippen LogP contribution is -2.45. The number of carbonyl (C=O) groups excluding carboxylic acids is 1. The van der Waals surface area contributed by atoms with E-state index in [1.54, 1.807) is 23.1 Å². The maximum atomic E-state index is 12.5. The van der Waals surface area contributed by atoms with Crippen molar-refractivity contribution in [1.82, 2.24) is 20.3 Å². The molecule has 1 aliphatic rings. The zero-order valence-electron chi connectivity index (χ0n) is 10.5. The van der Waals surface area contributed by atoms with Crippen molar-refractivity contribution in [3.05, 3.63) is 23.8 Å². The van der Waals surface area contributed by atoms with Crippen molar-refractivity contribution in [1.29, 1.82) is 0 Å². The number of fused-ring (bicyclic) bond motifs is 1. The highest BCUT2D eigenvalue weighted by Crippen LogP contribution is 2.26. The van der Waals surface area contributed by atoms with Gasteiger partial charge in [0, 0.05) is 18.2 Å². The number of rotatable bonds is 4. The molecule has 6 nitrogen and oxygen atoms in total. The van der Waals surface area contributed by atoms with Crippen LogP contribution in [-0.2, 0) is 0 Å². The van der Waals surface area contributed by atoms with E-state index in [0.717, 1.165) is 24.8 Å². The monoisotopic (exact) mass is 260 g/mol. The zero-order valence-corrected chi connectivity index (χ0v) is 10.5. The number of nitrogens with one attached hydrogen (secondary N) is 1. The van der Waals surface area contributed by atoms with E-state index in [-0.39, 0.29) is 18.6 Å². The molecule has 0 saturated heterocycles. The van der Waals surface area contributed by atoms with Crippen LogP contribution in [-0.4, -0.2) is 50.5 Å². The third-order valence-electron chi connectivity index (χ3n) is 3.68. The van der Waals surface area contributed by atoms with Gasteiger partial charge in [0.2, 0.25) is 0 Å². The Bertz CT molecular complexity index is 591. The molecule has 1 heterocycles. The van der Waals surface area contributed by atoms with E-state index in [9.17, 15) is 4.79 Å². The standard InChI is InChI=1S/C13H16N4O2/c18-7-6-17(10-2-1-3-10)13(19)9-4-5-11-12(8-9)15-16-14-11/h4-5,8,10,18H,1-3,6-7H2,(H,14,15,16).